The lowest BCUT2D eigenvalue weighted by Crippen LogP contribution is -2.24. The molecule has 8 heteroatoms. The number of hydrogen-bond acceptors (Lipinski definition) is 5. The number of aryl methyl sites for hydroxylation is 1. The number of anilines is 1. The van der Waals surface area contributed by atoms with Gasteiger partial charge in [-0.25, -0.2) is 4.98 Å². The fraction of sp³-hybridized carbons (Fsp3) is 0.292. The van der Waals surface area contributed by atoms with Gasteiger partial charge >= 0.3 is 0 Å². The average molecular weight is 470 g/mol. The van der Waals surface area contributed by atoms with Crippen molar-refractivity contribution in [3.8, 4) is 0 Å². The van der Waals surface area contributed by atoms with Crippen molar-refractivity contribution >= 4 is 57.0 Å². The quantitative estimate of drug-likeness (QED) is 0.270. The van der Waals surface area contributed by atoms with Crippen molar-refractivity contribution < 1.29 is 9.21 Å². The number of nitrogens with zero attached hydrogens (tertiary/aromatic N) is 2. The summed E-state index contributed by atoms with van der Waals surface area (Å²) in [5.41, 5.74) is 2.77. The molecule has 1 N–H and O–H groups in total. The second kappa shape index (κ2) is 9.38. The van der Waals surface area contributed by atoms with Crippen molar-refractivity contribution in [1.82, 2.24) is 9.55 Å². The van der Waals surface area contributed by atoms with Crippen molar-refractivity contribution in [2.75, 3.05) is 11.1 Å². The number of carbonyl (C=O) groups excluding carboxylic acids is 1. The molecule has 0 bridgehead atoms. The van der Waals surface area contributed by atoms with E-state index in [4.69, 9.17) is 21.0 Å². The molecule has 4 rings (SSSR count). The summed E-state index contributed by atoms with van der Waals surface area (Å²) in [7, 11) is 0. The van der Waals surface area contributed by atoms with E-state index in [9.17, 15) is 9.59 Å². The average Bonchev–Trinajstić information content (AvgIpc) is 3.13. The maximum Gasteiger partial charge on any atom is 0.297 e. The summed E-state index contributed by atoms with van der Waals surface area (Å²) in [4.78, 5) is 30.6. The van der Waals surface area contributed by atoms with E-state index in [2.05, 4.69) is 19.2 Å². The molecule has 4 aromatic rings. The van der Waals surface area contributed by atoms with Crippen LogP contribution in [0, 0.1) is 12.8 Å². The molecule has 166 valence electrons. The summed E-state index contributed by atoms with van der Waals surface area (Å²) in [5.74, 6) is 0.337. The number of nitrogens with one attached hydrogen (secondary N) is 1. The van der Waals surface area contributed by atoms with Gasteiger partial charge in [-0.15, -0.1) is 0 Å². The van der Waals surface area contributed by atoms with Gasteiger partial charge in [0.25, 0.3) is 5.56 Å². The fourth-order valence-corrected chi connectivity index (χ4v) is 4.38. The molecule has 2 aromatic carbocycles. The fourth-order valence-electron chi connectivity index (χ4n) is 3.39. The van der Waals surface area contributed by atoms with Crippen LogP contribution in [-0.2, 0) is 11.3 Å². The predicted octanol–water partition coefficient (Wildman–Crippen LogP) is 5.88. The third kappa shape index (κ3) is 4.69. The number of thioether (sulfide) groups is 1. The number of amides is 1. The molecular formula is C24H24ClN3O3S. The highest BCUT2D eigenvalue weighted by Crippen LogP contribution is 2.28. The van der Waals surface area contributed by atoms with Gasteiger partial charge in [0, 0.05) is 22.6 Å². The van der Waals surface area contributed by atoms with E-state index in [0.29, 0.717) is 39.4 Å². The van der Waals surface area contributed by atoms with E-state index in [1.807, 2.05) is 37.3 Å². The number of carbonyl (C=O) groups is 1. The summed E-state index contributed by atoms with van der Waals surface area (Å²) < 4.78 is 7.44. The van der Waals surface area contributed by atoms with Crippen LogP contribution in [0.2, 0.25) is 5.02 Å². The van der Waals surface area contributed by atoms with Gasteiger partial charge in [-0.3, -0.25) is 14.2 Å². The van der Waals surface area contributed by atoms with Crippen molar-refractivity contribution in [3.05, 3.63) is 63.4 Å². The molecule has 0 aliphatic rings. The van der Waals surface area contributed by atoms with Crippen LogP contribution in [0.15, 0.2) is 56.8 Å². The Labute approximate surface area is 195 Å². The Hall–Kier alpha value is -2.77. The Morgan fingerprint density at radius 1 is 1.25 bits per heavy atom. The first kappa shape index (κ1) is 22.4. The molecule has 0 saturated heterocycles. The third-order valence-corrected chi connectivity index (χ3v) is 6.39. The lowest BCUT2D eigenvalue weighted by Gasteiger charge is -2.13. The largest absolute Gasteiger partial charge is 0.448 e. The monoisotopic (exact) mass is 469 g/mol. The Kier molecular flexibility index (Phi) is 6.58. The second-order valence-electron chi connectivity index (χ2n) is 8.11. The molecule has 6 nitrogen and oxygen atoms in total. The van der Waals surface area contributed by atoms with Gasteiger partial charge in [0.15, 0.2) is 5.16 Å². The van der Waals surface area contributed by atoms with Crippen molar-refractivity contribution in [1.29, 1.82) is 0 Å². The molecule has 0 aliphatic heterocycles. The zero-order valence-corrected chi connectivity index (χ0v) is 19.7. The maximum atomic E-state index is 13.2. The van der Waals surface area contributed by atoms with E-state index in [1.165, 1.54) is 11.8 Å². The van der Waals surface area contributed by atoms with E-state index >= 15 is 0 Å². The molecule has 2 aromatic heterocycles. The molecule has 0 atom stereocenters. The number of furan rings is 1. The van der Waals surface area contributed by atoms with E-state index in [0.717, 1.165) is 17.4 Å². The molecule has 0 radical (unpaired) electrons. The lowest BCUT2D eigenvalue weighted by molar-refractivity contribution is -0.113. The number of fused-ring (bicyclic) bond motifs is 3. The number of hydrogen-bond donors (Lipinski definition) is 1. The Morgan fingerprint density at radius 3 is 2.81 bits per heavy atom. The molecule has 2 heterocycles. The zero-order valence-electron chi connectivity index (χ0n) is 18.1. The standard InChI is InChI=1S/C24H24ClN3O3S/c1-14(2)10-11-28-23(30)22-21(17-6-4-5-7-19(17)31-22)27-24(28)32-13-20(29)26-18-12-16(25)9-8-15(18)3/h4-9,12,14H,10-11,13H2,1-3H3,(H,26,29). The highest BCUT2D eigenvalue weighted by molar-refractivity contribution is 7.99. The molecule has 1 amide bonds. The first-order valence-corrected chi connectivity index (χ1v) is 11.8. The summed E-state index contributed by atoms with van der Waals surface area (Å²) in [6.07, 6.45) is 0.814. The number of benzene rings is 2. The van der Waals surface area contributed by atoms with Crippen molar-refractivity contribution in [3.63, 3.8) is 0 Å². The summed E-state index contributed by atoms with van der Waals surface area (Å²) in [6, 6.07) is 12.8. The maximum absolute atomic E-state index is 13.2. The lowest BCUT2D eigenvalue weighted by atomic mass is 10.1. The number of halogens is 1. The minimum absolute atomic E-state index is 0.112. The van der Waals surface area contributed by atoms with E-state index in [-0.39, 0.29) is 22.8 Å². The van der Waals surface area contributed by atoms with Crippen LogP contribution >= 0.6 is 23.4 Å². The van der Waals surface area contributed by atoms with Crippen LogP contribution in [0.3, 0.4) is 0 Å². The number of rotatable bonds is 7. The van der Waals surface area contributed by atoms with Gasteiger partial charge in [0.1, 0.15) is 11.1 Å². The number of para-hydroxylation sites is 1. The summed E-state index contributed by atoms with van der Waals surface area (Å²) >= 11 is 7.29. The molecule has 0 spiro atoms. The first-order chi connectivity index (χ1) is 15.3. The van der Waals surface area contributed by atoms with E-state index in [1.54, 1.807) is 16.7 Å². The van der Waals surface area contributed by atoms with Gasteiger partial charge in [0.05, 0.1) is 5.75 Å². The van der Waals surface area contributed by atoms with Crippen LogP contribution < -0.4 is 10.9 Å². The second-order valence-corrected chi connectivity index (χ2v) is 9.48. The highest BCUT2D eigenvalue weighted by atomic mass is 35.5. The first-order valence-electron chi connectivity index (χ1n) is 10.4. The molecule has 0 fully saturated rings. The van der Waals surface area contributed by atoms with Crippen LogP contribution in [0.1, 0.15) is 25.8 Å². The van der Waals surface area contributed by atoms with Gasteiger partial charge in [0.2, 0.25) is 11.5 Å². The van der Waals surface area contributed by atoms with Gasteiger partial charge in [-0.1, -0.05) is 55.4 Å². The Balaban J connectivity index is 1.65. The normalized spacial score (nSPS) is 11.5. The molecule has 32 heavy (non-hydrogen) atoms. The van der Waals surface area contributed by atoms with Crippen LogP contribution in [0.4, 0.5) is 5.69 Å². The Morgan fingerprint density at radius 2 is 2.03 bits per heavy atom. The van der Waals surface area contributed by atoms with Crippen LogP contribution in [0.5, 0.6) is 0 Å². The molecular weight excluding hydrogens is 446 g/mol. The van der Waals surface area contributed by atoms with Crippen molar-refractivity contribution in [2.45, 2.75) is 38.9 Å². The molecule has 0 aliphatic carbocycles. The minimum Gasteiger partial charge on any atom is -0.448 e. The third-order valence-electron chi connectivity index (χ3n) is 5.18. The summed E-state index contributed by atoms with van der Waals surface area (Å²) in [6.45, 7) is 6.62. The minimum atomic E-state index is -0.222. The van der Waals surface area contributed by atoms with Crippen molar-refractivity contribution in [2.24, 2.45) is 5.92 Å². The van der Waals surface area contributed by atoms with Gasteiger partial charge in [-0.2, -0.15) is 0 Å². The topological polar surface area (TPSA) is 77.1 Å². The van der Waals surface area contributed by atoms with Gasteiger partial charge in [-0.05, 0) is 49.1 Å². The highest BCUT2D eigenvalue weighted by Gasteiger charge is 2.19. The van der Waals surface area contributed by atoms with Crippen LogP contribution in [0.25, 0.3) is 22.1 Å². The smallest absolute Gasteiger partial charge is 0.297 e. The number of aromatic nitrogens is 2. The Bertz CT molecular complexity index is 1360. The predicted molar refractivity (Wildman–Crippen MR) is 131 cm³/mol. The van der Waals surface area contributed by atoms with Gasteiger partial charge < -0.3 is 9.73 Å². The molecule has 0 unspecified atom stereocenters. The van der Waals surface area contributed by atoms with Crippen LogP contribution in [-0.4, -0.2) is 21.2 Å². The summed E-state index contributed by atoms with van der Waals surface area (Å²) in [5, 5.41) is 4.74. The SMILES string of the molecule is Cc1ccc(Cl)cc1NC(=O)CSc1nc2c(oc3ccccc32)c(=O)n1CCC(C)C. The van der Waals surface area contributed by atoms with E-state index < -0.39 is 0 Å². The zero-order chi connectivity index (χ0) is 22.8. The molecule has 0 saturated carbocycles.